The van der Waals surface area contributed by atoms with Gasteiger partial charge in [0.15, 0.2) is 0 Å². The van der Waals surface area contributed by atoms with Crippen LogP contribution in [0.1, 0.15) is 34.0 Å². The van der Waals surface area contributed by atoms with Crippen LogP contribution in [-0.2, 0) is 6.42 Å². The second-order valence-electron chi connectivity index (χ2n) is 6.92. The molecular weight excluding hydrogens is 426 g/mol. The molecule has 0 aliphatic carbocycles. The normalized spacial score (nSPS) is 17.3. The second-order valence-corrected chi connectivity index (χ2v) is 8.75. The van der Waals surface area contributed by atoms with Crippen molar-refractivity contribution in [1.29, 1.82) is 0 Å². The van der Waals surface area contributed by atoms with Crippen molar-refractivity contribution in [2.24, 2.45) is 5.92 Å². The molecule has 3 heterocycles. The lowest BCUT2D eigenvalue weighted by Crippen LogP contribution is -2.40. The maximum Gasteiger partial charge on any atom is 0.263 e. The predicted octanol–water partition coefficient (Wildman–Crippen LogP) is 4.96. The minimum Gasteiger partial charge on any atom is -0.339 e. The topological polar surface area (TPSA) is 59.2 Å². The molecule has 27 heavy (non-hydrogen) atoms. The van der Waals surface area contributed by atoms with Crippen LogP contribution < -0.4 is 0 Å². The molecule has 1 unspecified atom stereocenters. The van der Waals surface area contributed by atoms with Gasteiger partial charge in [0.1, 0.15) is 0 Å². The molecule has 1 aliphatic rings. The Kier molecular flexibility index (Phi) is 5.41. The number of aryl methyl sites for hydroxylation is 1. The summed E-state index contributed by atoms with van der Waals surface area (Å²) < 4.78 is 6.45. The molecule has 0 spiro atoms. The van der Waals surface area contributed by atoms with E-state index < -0.39 is 0 Å². The lowest BCUT2D eigenvalue weighted by molar-refractivity contribution is 0.0673. The predicted molar refractivity (Wildman–Crippen MR) is 109 cm³/mol. The van der Waals surface area contributed by atoms with Crippen LogP contribution in [0.5, 0.6) is 0 Å². The smallest absolute Gasteiger partial charge is 0.263 e. The molecule has 0 saturated carbocycles. The maximum atomic E-state index is 12.7. The Morgan fingerprint density at radius 1 is 1.41 bits per heavy atom. The van der Waals surface area contributed by atoms with Gasteiger partial charge in [-0.3, -0.25) is 4.79 Å². The molecule has 0 N–H and O–H groups in total. The van der Waals surface area contributed by atoms with Crippen molar-refractivity contribution in [2.45, 2.75) is 26.2 Å². The van der Waals surface area contributed by atoms with E-state index in [1.807, 2.05) is 47.5 Å². The fourth-order valence-electron chi connectivity index (χ4n) is 3.52. The molecule has 1 fully saturated rings. The summed E-state index contributed by atoms with van der Waals surface area (Å²) in [5.74, 6) is 1.74. The summed E-state index contributed by atoms with van der Waals surface area (Å²) in [7, 11) is 0. The van der Waals surface area contributed by atoms with Crippen LogP contribution in [0, 0.1) is 12.8 Å². The third-order valence-corrected chi connectivity index (χ3v) is 6.58. The van der Waals surface area contributed by atoms with Crippen LogP contribution in [0.25, 0.3) is 11.4 Å². The summed E-state index contributed by atoms with van der Waals surface area (Å²) >= 11 is 4.90. The quantitative estimate of drug-likeness (QED) is 0.568. The number of halogens is 1. The van der Waals surface area contributed by atoms with Crippen LogP contribution in [0.2, 0.25) is 0 Å². The maximum absolute atomic E-state index is 12.7. The van der Waals surface area contributed by atoms with Crippen molar-refractivity contribution in [3.05, 3.63) is 56.5 Å². The van der Waals surface area contributed by atoms with Gasteiger partial charge in [0.25, 0.3) is 5.91 Å². The van der Waals surface area contributed by atoms with Gasteiger partial charge in [0.2, 0.25) is 11.7 Å². The summed E-state index contributed by atoms with van der Waals surface area (Å²) in [5, 5.41) is 6.09. The molecule has 0 bridgehead atoms. The number of carbonyl (C=O) groups is 1. The highest BCUT2D eigenvalue weighted by atomic mass is 79.9. The zero-order chi connectivity index (χ0) is 18.8. The molecule has 1 atom stereocenters. The lowest BCUT2D eigenvalue weighted by Gasteiger charge is -2.31. The molecule has 2 aromatic heterocycles. The van der Waals surface area contributed by atoms with Gasteiger partial charge in [-0.2, -0.15) is 4.98 Å². The lowest BCUT2D eigenvalue weighted by atomic mass is 9.94. The van der Waals surface area contributed by atoms with Crippen LogP contribution in [0.4, 0.5) is 0 Å². The van der Waals surface area contributed by atoms with E-state index in [9.17, 15) is 4.79 Å². The molecule has 3 aromatic rings. The minimum absolute atomic E-state index is 0.113. The van der Waals surface area contributed by atoms with E-state index in [0.717, 1.165) is 46.4 Å². The van der Waals surface area contributed by atoms with Crippen molar-refractivity contribution in [3.8, 4) is 11.4 Å². The first-order valence-corrected chi connectivity index (χ1v) is 10.7. The zero-order valence-electron chi connectivity index (χ0n) is 15.0. The standard InChI is InChI=1S/C20H20BrN3O2S/c1-13-5-2-3-7-16(13)19-22-18(26-23-19)9-14-6-4-8-24(11-14)20(25)17-10-15(21)12-27-17/h2-3,5,7,10,12,14H,4,6,8-9,11H2,1H3. The molecule has 0 radical (unpaired) electrons. The van der Waals surface area contributed by atoms with Crippen LogP contribution >= 0.6 is 27.3 Å². The first-order chi connectivity index (χ1) is 13.1. The summed E-state index contributed by atoms with van der Waals surface area (Å²) in [6.45, 7) is 3.58. The van der Waals surface area contributed by atoms with Crippen molar-refractivity contribution < 1.29 is 9.32 Å². The molecule has 5 nitrogen and oxygen atoms in total. The van der Waals surface area contributed by atoms with Gasteiger partial charge in [0.05, 0.1) is 4.88 Å². The van der Waals surface area contributed by atoms with Gasteiger partial charge in [-0.1, -0.05) is 29.4 Å². The number of aromatic nitrogens is 2. The van der Waals surface area contributed by atoms with Gasteiger partial charge in [-0.15, -0.1) is 11.3 Å². The molecule has 1 saturated heterocycles. The number of rotatable bonds is 4. The third-order valence-electron chi connectivity index (χ3n) is 4.90. The summed E-state index contributed by atoms with van der Waals surface area (Å²) in [4.78, 5) is 20.0. The van der Waals surface area contributed by atoms with E-state index in [-0.39, 0.29) is 5.91 Å². The Bertz CT molecular complexity index is 952. The summed E-state index contributed by atoms with van der Waals surface area (Å²) in [5.41, 5.74) is 2.12. The highest BCUT2D eigenvalue weighted by Gasteiger charge is 2.27. The fourth-order valence-corrected chi connectivity index (χ4v) is 4.91. The first-order valence-electron chi connectivity index (χ1n) is 9.02. The highest BCUT2D eigenvalue weighted by Crippen LogP contribution is 2.26. The molecular formula is C20H20BrN3O2S. The summed E-state index contributed by atoms with van der Waals surface area (Å²) in [6, 6.07) is 9.91. The van der Waals surface area contributed by atoms with E-state index in [2.05, 4.69) is 26.1 Å². The van der Waals surface area contributed by atoms with E-state index >= 15 is 0 Å². The number of likely N-dealkylation sites (tertiary alicyclic amines) is 1. The van der Waals surface area contributed by atoms with Gasteiger partial charge >= 0.3 is 0 Å². The molecule has 1 aromatic carbocycles. The number of carbonyl (C=O) groups excluding carboxylic acids is 1. The molecule has 1 aliphatic heterocycles. The number of amides is 1. The van der Waals surface area contributed by atoms with Crippen molar-refractivity contribution in [3.63, 3.8) is 0 Å². The van der Waals surface area contributed by atoms with Gasteiger partial charge in [-0.25, -0.2) is 0 Å². The van der Waals surface area contributed by atoms with E-state index in [0.29, 0.717) is 24.1 Å². The zero-order valence-corrected chi connectivity index (χ0v) is 17.4. The van der Waals surface area contributed by atoms with Gasteiger partial charge < -0.3 is 9.42 Å². The van der Waals surface area contributed by atoms with Crippen molar-refractivity contribution >= 4 is 33.2 Å². The molecule has 7 heteroatoms. The van der Waals surface area contributed by atoms with Crippen LogP contribution in [-0.4, -0.2) is 34.0 Å². The Labute approximate surface area is 170 Å². The van der Waals surface area contributed by atoms with Crippen molar-refractivity contribution in [1.82, 2.24) is 15.0 Å². The number of hydrogen-bond acceptors (Lipinski definition) is 5. The average Bonchev–Trinajstić information content (AvgIpc) is 3.31. The fraction of sp³-hybridized carbons (Fsp3) is 0.350. The van der Waals surface area contributed by atoms with E-state index in [4.69, 9.17) is 4.52 Å². The SMILES string of the molecule is Cc1ccccc1-c1noc(CC2CCCN(C(=O)c3cc(Br)cs3)C2)n1. The average molecular weight is 446 g/mol. The number of hydrogen-bond donors (Lipinski definition) is 0. The monoisotopic (exact) mass is 445 g/mol. The number of benzene rings is 1. The summed E-state index contributed by atoms with van der Waals surface area (Å²) in [6.07, 6.45) is 2.78. The van der Waals surface area contributed by atoms with Gasteiger partial charge in [-0.05, 0) is 53.2 Å². The molecule has 4 rings (SSSR count). The second kappa shape index (κ2) is 7.94. The largest absolute Gasteiger partial charge is 0.339 e. The number of thiophene rings is 1. The van der Waals surface area contributed by atoms with Gasteiger partial charge in [0, 0.05) is 34.9 Å². The third kappa shape index (κ3) is 4.14. The first kappa shape index (κ1) is 18.4. The number of piperidine rings is 1. The van der Waals surface area contributed by atoms with E-state index in [1.165, 1.54) is 11.3 Å². The molecule has 140 valence electrons. The Morgan fingerprint density at radius 3 is 3.04 bits per heavy atom. The Hall–Kier alpha value is -1.99. The Morgan fingerprint density at radius 2 is 2.26 bits per heavy atom. The minimum atomic E-state index is 0.113. The van der Waals surface area contributed by atoms with E-state index in [1.54, 1.807) is 0 Å². The molecule has 1 amide bonds. The van der Waals surface area contributed by atoms with Crippen molar-refractivity contribution in [2.75, 3.05) is 13.1 Å². The highest BCUT2D eigenvalue weighted by molar-refractivity contribution is 9.10. The number of nitrogens with zero attached hydrogens (tertiary/aromatic N) is 3. The Balaban J connectivity index is 1.43. The van der Waals surface area contributed by atoms with Crippen LogP contribution in [0.15, 0.2) is 44.7 Å². The van der Waals surface area contributed by atoms with Crippen LogP contribution in [0.3, 0.4) is 0 Å².